The Labute approximate surface area is 164 Å². The molecule has 2 fully saturated rings. The van der Waals surface area contributed by atoms with Gasteiger partial charge in [-0.1, -0.05) is 25.7 Å². The lowest BCUT2D eigenvalue weighted by molar-refractivity contribution is 0.0572. The molecule has 0 amide bonds. The number of nitrogen functional groups attached to an aromatic ring is 1. The van der Waals surface area contributed by atoms with Crippen molar-refractivity contribution in [2.75, 3.05) is 23.7 Å². The number of rotatable bonds is 3. The van der Waals surface area contributed by atoms with Crippen molar-refractivity contribution in [3.8, 4) is 17.0 Å². The Morgan fingerprint density at radius 3 is 2.29 bits per heavy atom. The molecule has 4 rings (SSSR count). The molecular weight excluding hydrogens is 356 g/mol. The molecule has 0 bridgehead atoms. The Morgan fingerprint density at radius 1 is 0.929 bits per heavy atom. The predicted octanol–water partition coefficient (Wildman–Crippen LogP) is 2.41. The van der Waals surface area contributed by atoms with Gasteiger partial charge in [0.2, 0.25) is 5.95 Å². The Kier molecular flexibility index (Phi) is 5.37. The van der Waals surface area contributed by atoms with Crippen LogP contribution in [0.25, 0.3) is 11.3 Å². The van der Waals surface area contributed by atoms with E-state index in [2.05, 4.69) is 9.97 Å². The Bertz CT molecular complexity index is 826. The highest BCUT2D eigenvalue weighted by atomic mass is 16.3. The molecule has 0 radical (unpaired) electrons. The maximum absolute atomic E-state index is 10.5. The van der Waals surface area contributed by atoms with E-state index < -0.39 is 12.2 Å². The zero-order valence-corrected chi connectivity index (χ0v) is 16.0. The molecule has 1 aliphatic heterocycles. The molecule has 2 aliphatic rings. The number of phenolic OH excluding ortho intramolecular Hbond substituents is 1. The van der Waals surface area contributed by atoms with Gasteiger partial charge in [0.25, 0.3) is 0 Å². The lowest BCUT2D eigenvalue weighted by atomic mass is 9.95. The molecule has 2 aromatic rings. The Morgan fingerprint density at radius 2 is 1.61 bits per heavy atom. The smallest absolute Gasteiger partial charge is 0.220 e. The third kappa shape index (κ3) is 3.91. The second kappa shape index (κ2) is 7.93. The van der Waals surface area contributed by atoms with Crippen LogP contribution in [0.1, 0.15) is 50.1 Å². The fourth-order valence-corrected chi connectivity index (χ4v) is 4.31. The number of benzene rings is 1. The summed E-state index contributed by atoms with van der Waals surface area (Å²) in [5.74, 6) is 0.711. The molecule has 1 saturated carbocycles. The van der Waals surface area contributed by atoms with E-state index in [9.17, 15) is 15.3 Å². The minimum absolute atomic E-state index is 0.119. The van der Waals surface area contributed by atoms with Crippen LogP contribution in [-0.2, 0) is 0 Å². The predicted molar refractivity (Wildman–Crippen MR) is 108 cm³/mol. The molecule has 7 nitrogen and oxygen atoms in total. The molecule has 1 aliphatic carbocycles. The lowest BCUT2D eigenvalue weighted by Gasteiger charge is -2.19. The molecule has 1 aromatic heterocycles. The third-order valence-corrected chi connectivity index (χ3v) is 5.92. The molecular formula is C21H28N4O3. The summed E-state index contributed by atoms with van der Waals surface area (Å²) in [6.45, 7) is 0.704. The Hall–Kier alpha value is -2.38. The van der Waals surface area contributed by atoms with Crippen molar-refractivity contribution in [1.82, 2.24) is 9.97 Å². The van der Waals surface area contributed by atoms with Gasteiger partial charge >= 0.3 is 0 Å². The number of nitrogens with two attached hydrogens (primary N) is 1. The molecule has 7 heteroatoms. The maximum atomic E-state index is 10.5. The number of β-amino-alcohol motifs (C(OH)–C–C–N with tert-alkyl or cyclic N) is 2. The molecule has 0 spiro atoms. The second-order valence-electron chi connectivity index (χ2n) is 7.97. The van der Waals surface area contributed by atoms with Crippen molar-refractivity contribution in [3.05, 3.63) is 30.0 Å². The van der Waals surface area contributed by atoms with Gasteiger partial charge in [0.1, 0.15) is 5.75 Å². The van der Waals surface area contributed by atoms with E-state index in [0.717, 1.165) is 24.2 Å². The highest BCUT2D eigenvalue weighted by Crippen LogP contribution is 2.36. The number of phenols is 1. The van der Waals surface area contributed by atoms with E-state index >= 15 is 0 Å². The molecule has 2 atom stereocenters. The zero-order valence-electron chi connectivity index (χ0n) is 16.0. The maximum Gasteiger partial charge on any atom is 0.220 e. The molecule has 2 heterocycles. The van der Waals surface area contributed by atoms with Gasteiger partial charge in [-0.25, -0.2) is 9.97 Å². The normalized spacial score (nSPS) is 23.7. The summed E-state index contributed by atoms with van der Waals surface area (Å²) in [6, 6.07) is 7.17. The van der Waals surface area contributed by atoms with Crippen molar-refractivity contribution in [1.29, 1.82) is 0 Å². The van der Waals surface area contributed by atoms with Gasteiger partial charge in [-0.3, -0.25) is 0 Å². The van der Waals surface area contributed by atoms with Crippen LogP contribution < -0.4 is 10.6 Å². The fraction of sp³-hybridized carbons (Fsp3) is 0.524. The number of hydrogen-bond donors (Lipinski definition) is 4. The van der Waals surface area contributed by atoms with Crippen LogP contribution in [-0.4, -0.2) is 50.6 Å². The van der Waals surface area contributed by atoms with Crippen LogP contribution in [0.3, 0.4) is 0 Å². The monoisotopic (exact) mass is 384 g/mol. The van der Waals surface area contributed by atoms with Crippen molar-refractivity contribution >= 4 is 11.6 Å². The first kappa shape index (κ1) is 19.0. The van der Waals surface area contributed by atoms with Gasteiger partial charge in [0.05, 0.1) is 17.9 Å². The van der Waals surface area contributed by atoms with Gasteiger partial charge in [-0.2, -0.15) is 0 Å². The van der Waals surface area contributed by atoms with E-state index in [1.165, 1.54) is 25.7 Å². The minimum atomic E-state index is -0.770. The molecule has 150 valence electrons. The number of anilines is 2. The van der Waals surface area contributed by atoms with Gasteiger partial charge in [-0.15, -0.1) is 0 Å². The average molecular weight is 384 g/mol. The standard InChI is InChI=1S/C21H28N4O3/c22-21-23-16(13-5-3-1-2-4-6-13)10-17(24-21)15-9-14(7-8-18(15)26)25-11-19(27)20(28)12-25/h7-10,13,19-20,26-28H,1-6,11-12H2,(H2,22,23,24)/t19-,20-/m0/s1. The summed E-state index contributed by atoms with van der Waals surface area (Å²) in [5.41, 5.74) is 8.95. The first-order chi connectivity index (χ1) is 13.5. The average Bonchev–Trinajstić information content (AvgIpc) is 2.88. The number of aromatic nitrogens is 2. The summed E-state index contributed by atoms with van der Waals surface area (Å²) in [5, 5.41) is 30.1. The number of aromatic hydroxyl groups is 1. The van der Waals surface area contributed by atoms with Crippen LogP contribution in [0.15, 0.2) is 24.3 Å². The van der Waals surface area contributed by atoms with Crippen molar-refractivity contribution in [2.24, 2.45) is 0 Å². The summed E-state index contributed by atoms with van der Waals surface area (Å²) in [6.07, 6.45) is 5.59. The van der Waals surface area contributed by atoms with E-state index in [-0.39, 0.29) is 11.7 Å². The van der Waals surface area contributed by atoms with Crippen molar-refractivity contribution in [2.45, 2.75) is 56.7 Å². The summed E-state index contributed by atoms with van der Waals surface area (Å²) in [4.78, 5) is 10.8. The van der Waals surface area contributed by atoms with E-state index in [1.807, 2.05) is 17.0 Å². The van der Waals surface area contributed by atoms with Crippen LogP contribution in [0.2, 0.25) is 0 Å². The van der Waals surface area contributed by atoms with E-state index in [0.29, 0.717) is 30.3 Å². The first-order valence-corrected chi connectivity index (χ1v) is 10.1. The van der Waals surface area contributed by atoms with Gasteiger partial charge in [0.15, 0.2) is 0 Å². The number of nitrogens with zero attached hydrogens (tertiary/aromatic N) is 3. The SMILES string of the molecule is Nc1nc(-c2cc(N3C[C@H](O)[C@@H](O)C3)ccc2O)cc(C2CCCCCC2)n1. The first-order valence-electron chi connectivity index (χ1n) is 10.1. The van der Waals surface area contributed by atoms with E-state index in [4.69, 9.17) is 5.73 Å². The van der Waals surface area contributed by atoms with Crippen LogP contribution >= 0.6 is 0 Å². The highest BCUT2D eigenvalue weighted by molar-refractivity contribution is 5.73. The molecule has 28 heavy (non-hydrogen) atoms. The quantitative estimate of drug-likeness (QED) is 0.601. The molecule has 1 saturated heterocycles. The van der Waals surface area contributed by atoms with Gasteiger partial charge in [0, 0.05) is 36.0 Å². The van der Waals surface area contributed by atoms with Gasteiger partial charge in [-0.05, 0) is 37.1 Å². The number of hydrogen-bond acceptors (Lipinski definition) is 7. The summed E-state index contributed by atoms with van der Waals surface area (Å²) in [7, 11) is 0. The highest BCUT2D eigenvalue weighted by Gasteiger charge is 2.30. The van der Waals surface area contributed by atoms with Crippen molar-refractivity contribution in [3.63, 3.8) is 0 Å². The zero-order chi connectivity index (χ0) is 19.7. The van der Waals surface area contributed by atoms with Crippen LogP contribution in [0.4, 0.5) is 11.6 Å². The van der Waals surface area contributed by atoms with Crippen LogP contribution in [0.5, 0.6) is 5.75 Å². The largest absolute Gasteiger partial charge is 0.507 e. The van der Waals surface area contributed by atoms with Crippen molar-refractivity contribution < 1.29 is 15.3 Å². The molecule has 1 aromatic carbocycles. The number of aliphatic hydroxyl groups is 2. The summed E-state index contributed by atoms with van der Waals surface area (Å²) < 4.78 is 0. The minimum Gasteiger partial charge on any atom is -0.507 e. The topological polar surface area (TPSA) is 116 Å². The lowest BCUT2D eigenvalue weighted by Crippen LogP contribution is -2.22. The number of aliphatic hydroxyl groups excluding tert-OH is 2. The van der Waals surface area contributed by atoms with Gasteiger partial charge < -0.3 is 26.0 Å². The fourth-order valence-electron chi connectivity index (χ4n) is 4.31. The molecule has 5 N–H and O–H groups in total. The second-order valence-corrected chi connectivity index (χ2v) is 7.97. The summed E-state index contributed by atoms with van der Waals surface area (Å²) >= 11 is 0. The molecule has 0 unspecified atom stereocenters. The third-order valence-electron chi connectivity index (χ3n) is 5.92. The Balaban J connectivity index is 1.67. The van der Waals surface area contributed by atoms with Crippen LogP contribution in [0, 0.1) is 0 Å². The van der Waals surface area contributed by atoms with E-state index in [1.54, 1.807) is 12.1 Å².